The average molecular weight is 215 g/mol. The molecule has 1 atom stereocenters. The molecular formula is C13H17N3. The van der Waals surface area contributed by atoms with E-state index in [2.05, 4.69) is 24.2 Å². The van der Waals surface area contributed by atoms with Crippen LogP contribution in [0.3, 0.4) is 0 Å². The number of benzene rings is 1. The molecule has 0 saturated heterocycles. The fourth-order valence-corrected chi connectivity index (χ4v) is 1.82. The predicted octanol–water partition coefficient (Wildman–Crippen LogP) is 1.91. The van der Waals surface area contributed by atoms with E-state index < -0.39 is 0 Å². The van der Waals surface area contributed by atoms with Crippen molar-refractivity contribution in [3.63, 3.8) is 0 Å². The third-order valence-electron chi connectivity index (χ3n) is 3.01. The Morgan fingerprint density at radius 1 is 1.31 bits per heavy atom. The summed E-state index contributed by atoms with van der Waals surface area (Å²) in [6.45, 7) is 4.67. The van der Waals surface area contributed by atoms with Gasteiger partial charge in [-0.1, -0.05) is 30.3 Å². The third-order valence-corrected chi connectivity index (χ3v) is 3.01. The van der Waals surface area contributed by atoms with Gasteiger partial charge in [0.25, 0.3) is 0 Å². The molecule has 3 nitrogen and oxygen atoms in total. The van der Waals surface area contributed by atoms with Gasteiger partial charge in [0, 0.05) is 12.7 Å². The lowest BCUT2D eigenvalue weighted by molar-refractivity contribution is 0.363. The second-order valence-electron chi connectivity index (χ2n) is 4.31. The number of aryl methyl sites for hydroxylation is 1. The molecule has 0 aliphatic heterocycles. The smallest absolute Gasteiger partial charge is 0.0969 e. The van der Waals surface area contributed by atoms with E-state index in [-0.39, 0.29) is 5.54 Å². The second kappa shape index (κ2) is 4.10. The molecule has 0 aliphatic carbocycles. The third kappa shape index (κ3) is 1.74. The molecule has 1 aromatic heterocycles. The van der Waals surface area contributed by atoms with Gasteiger partial charge in [-0.3, -0.25) is 4.68 Å². The number of hydrogen-bond donors (Lipinski definition) is 1. The summed E-state index contributed by atoms with van der Waals surface area (Å²) >= 11 is 0. The zero-order valence-electron chi connectivity index (χ0n) is 9.72. The van der Waals surface area contributed by atoms with Crippen LogP contribution in [0.4, 0.5) is 0 Å². The van der Waals surface area contributed by atoms with Gasteiger partial charge >= 0.3 is 0 Å². The van der Waals surface area contributed by atoms with Crippen LogP contribution in [0, 0.1) is 6.92 Å². The number of nitrogens with zero attached hydrogens (tertiary/aromatic N) is 2. The molecule has 0 fully saturated rings. The molecule has 2 rings (SSSR count). The average Bonchev–Trinajstić information content (AvgIpc) is 2.76. The highest BCUT2D eigenvalue weighted by atomic mass is 15.3. The fourth-order valence-electron chi connectivity index (χ4n) is 1.82. The van der Waals surface area contributed by atoms with E-state index in [4.69, 9.17) is 5.73 Å². The van der Waals surface area contributed by atoms with Crippen molar-refractivity contribution in [2.24, 2.45) is 5.73 Å². The minimum Gasteiger partial charge on any atom is -0.328 e. The van der Waals surface area contributed by atoms with Crippen LogP contribution in [-0.2, 0) is 5.54 Å². The van der Waals surface area contributed by atoms with Crippen LogP contribution in [0.15, 0.2) is 42.7 Å². The van der Waals surface area contributed by atoms with Gasteiger partial charge in [0.15, 0.2) is 0 Å². The first-order valence-electron chi connectivity index (χ1n) is 5.44. The lowest BCUT2D eigenvalue weighted by atomic mass is 9.92. The molecule has 2 aromatic rings. The van der Waals surface area contributed by atoms with Crippen LogP contribution >= 0.6 is 0 Å². The van der Waals surface area contributed by atoms with E-state index in [9.17, 15) is 0 Å². The van der Waals surface area contributed by atoms with Gasteiger partial charge < -0.3 is 5.73 Å². The van der Waals surface area contributed by atoms with E-state index in [1.54, 1.807) is 0 Å². The number of aromatic nitrogens is 2. The second-order valence-corrected chi connectivity index (χ2v) is 4.31. The highest BCUT2D eigenvalue weighted by Crippen LogP contribution is 2.24. The first-order chi connectivity index (χ1) is 7.66. The lowest BCUT2D eigenvalue weighted by Crippen LogP contribution is -2.39. The highest BCUT2D eigenvalue weighted by molar-refractivity contribution is 5.25. The first kappa shape index (κ1) is 10.9. The van der Waals surface area contributed by atoms with Crippen molar-refractivity contribution in [3.8, 4) is 0 Å². The van der Waals surface area contributed by atoms with Crippen molar-refractivity contribution in [3.05, 3.63) is 53.9 Å². The summed E-state index contributed by atoms with van der Waals surface area (Å²) in [4.78, 5) is 0. The normalized spacial score (nSPS) is 14.7. The molecule has 1 heterocycles. The monoisotopic (exact) mass is 215 g/mol. The van der Waals surface area contributed by atoms with E-state index in [0.717, 1.165) is 5.56 Å². The van der Waals surface area contributed by atoms with E-state index in [0.29, 0.717) is 6.54 Å². The summed E-state index contributed by atoms with van der Waals surface area (Å²) in [5.41, 5.74) is 7.98. The summed E-state index contributed by atoms with van der Waals surface area (Å²) in [6, 6.07) is 10.2. The topological polar surface area (TPSA) is 43.8 Å². The molecular weight excluding hydrogens is 198 g/mol. The Labute approximate surface area is 95.9 Å². The Morgan fingerprint density at radius 2 is 2.00 bits per heavy atom. The van der Waals surface area contributed by atoms with Crippen molar-refractivity contribution in [1.82, 2.24) is 9.78 Å². The molecule has 1 aromatic carbocycles. The van der Waals surface area contributed by atoms with Gasteiger partial charge in [0.2, 0.25) is 0 Å². The van der Waals surface area contributed by atoms with Crippen molar-refractivity contribution >= 4 is 0 Å². The summed E-state index contributed by atoms with van der Waals surface area (Å²) in [5, 5.41) is 4.37. The molecule has 0 spiro atoms. The Kier molecular flexibility index (Phi) is 2.79. The fraction of sp³-hybridized carbons (Fsp3) is 0.308. The van der Waals surface area contributed by atoms with Crippen LogP contribution in [-0.4, -0.2) is 16.3 Å². The minimum atomic E-state index is -0.268. The first-order valence-corrected chi connectivity index (χ1v) is 5.44. The van der Waals surface area contributed by atoms with Crippen LogP contribution < -0.4 is 5.73 Å². The van der Waals surface area contributed by atoms with E-state index >= 15 is 0 Å². The van der Waals surface area contributed by atoms with Crippen molar-refractivity contribution in [2.45, 2.75) is 19.4 Å². The van der Waals surface area contributed by atoms with Gasteiger partial charge in [-0.15, -0.1) is 0 Å². The largest absolute Gasteiger partial charge is 0.328 e. The Balaban J connectivity index is 2.48. The maximum absolute atomic E-state index is 5.92. The van der Waals surface area contributed by atoms with Crippen molar-refractivity contribution in [1.29, 1.82) is 0 Å². The van der Waals surface area contributed by atoms with Crippen molar-refractivity contribution < 1.29 is 0 Å². The summed E-state index contributed by atoms with van der Waals surface area (Å²) in [6.07, 6.45) is 3.89. The molecule has 0 bridgehead atoms. The SMILES string of the molecule is Cc1cnn(C(C)(CN)c2ccccc2)c1. The lowest BCUT2D eigenvalue weighted by Gasteiger charge is -2.29. The Bertz CT molecular complexity index is 461. The molecule has 0 aliphatic rings. The number of hydrogen-bond acceptors (Lipinski definition) is 2. The Morgan fingerprint density at radius 3 is 2.50 bits per heavy atom. The van der Waals surface area contributed by atoms with Crippen LogP contribution in [0.1, 0.15) is 18.1 Å². The molecule has 0 saturated carbocycles. The zero-order chi connectivity index (χ0) is 11.6. The molecule has 1 unspecified atom stereocenters. The maximum atomic E-state index is 5.92. The maximum Gasteiger partial charge on any atom is 0.0969 e. The van der Waals surface area contributed by atoms with Crippen LogP contribution in [0.5, 0.6) is 0 Å². The molecule has 0 amide bonds. The van der Waals surface area contributed by atoms with E-state index in [1.807, 2.05) is 42.2 Å². The van der Waals surface area contributed by atoms with Crippen LogP contribution in [0.2, 0.25) is 0 Å². The quantitative estimate of drug-likeness (QED) is 0.850. The van der Waals surface area contributed by atoms with Gasteiger partial charge in [0.1, 0.15) is 0 Å². The molecule has 2 N–H and O–H groups in total. The number of nitrogens with two attached hydrogens (primary N) is 1. The van der Waals surface area contributed by atoms with Crippen LogP contribution in [0.25, 0.3) is 0 Å². The molecule has 16 heavy (non-hydrogen) atoms. The highest BCUT2D eigenvalue weighted by Gasteiger charge is 2.27. The summed E-state index contributed by atoms with van der Waals surface area (Å²) in [7, 11) is 0. The molecule has 84 valence electrons. The standard InChI is InChI=1S/C13H17N3/c1-11-8-15-16(9-11)13(2,10-14)12-6-4-3-5-7-12/h3-9H,10,14H2,1-2H3. The molecule has 3 heteroatoms. The van der Waals surface area contributed by atoms with Gasteiger partial charge in [-0.2, -0.15) is 5.10 Å². The van der Waals surface area contributed by atoms with Gasteiger partial charge in [-0.25, -0.2) is 0 Å². The predicted molar refractivity (Wildman–Crippen MR) is 65.2 cm³/mol. The van der Waals surface area contributed by atoms with Crippen molar-refractivity contribution in [2.75, 3.05) is 6.54 Å². The number of rotatable bonds is 3. The molecule has 0 radical (unpaired) electrons. The summed E-state index contributed by atoms with van der Waals surface area (Å²) < 4.78 is 1.94. The van der Waals surface area contributed by atoms with Gasteiger partial charge in [-0.05, 0) is 25.0 Å². The summed E-state index contributed by atoms with van der Waals surface area (Å²) in [5.74, 6) is 0. The zero-order valence-corrected chi connectivity index (χ0v) is 9.72. The minimum absolute atomic E-state index is 0.268. The van der Waals surface area contributed by atoms with E-state index in [1.165, 1.54) is 5.56 Å². The Hall–Kier alpha value is -1.61. The van der Waals surface area contributed by atoms with Gasteiger partial charge in [0.05, 0.1) is 11.7 Å².